The normalized spacial score (nSPS) is 16.9. The maximum Gasteiger partial charge on any atom is 0.191 e. The van der Waals surface area contributed by atoms with Crippen LogP contribution >= 0.6 is 0 Å². The quantitative estimate of drug-likeness (QED) is 0.591. The van der Waals surface area contributed by atoms with E-state index >= 15 is 0 Å². The zero-order chi connectivity index (χ0) is 15.1. The summed E-state index contributed by atoms with van der Waals surface area (Å²) in [6.45, 7) is 6.70. The van der Waals surface area contributed by atoms with E-state index in [1.165, 1.54) is 12.8 Å². The van der Waals surface area contributed by atoms with Gasteiger partial charge in [-0.25, -0.2) is 4.99 Å². The number of nitrogens with zero attached hydrogens (tertiary/aromatic N) is 3. The first-order valence-electron chi connectivity index (χ1n) is 7.84. The van der Waals surface area contributed by atoms with E-state index in [0.717, 1.165) is 30.8 Å². The molecule has 1 aromatic heterocycles. The number of pyridine rings is 1. The Balaban J connectivity index is 1.83. The van der Waals surface area contributed by atoms with Gasteiger partial charge in [-0.2, -0.15) is 0 Å². The Labute approximate surface area is 127 Å². The molecule has 1 aliphatic carbocycles. The molecular formula is C16H27N5. The fraction of sp³-hybridized carbons (Fsp3) is 0.625. The second-order valence-electron chi connectivity index (χ2n) is 5.64. The number of hydrogen-bond donors (Lipinski definition) is 2. The molecule has 1 aromatic rings. The first kappa shape index (κ1) is 15.8. The molecule has 1 atom stereocenters. The summed E-state index contributed by atoms with van der Waals surface area (Å²) in [4.78, 5) is 11.3. The van der Waals surface area contributed by atoms with E-state index in [4.69, 9.17) is 0 Å². The third-order valence-corrected chi connectivity index (χ3v) is 3.85. The molecule has 116 valence electrons. The highest BCUT2D eigenvalue weighted by Crippen LogP contribution is 2.26. The molecule has 0 aliphatic heterocycles. The summed E-state index contributed by atoms with van der Waals surface area (Å²) in [5.41, 5.74) is 0.984. The van der Waals surface area contributed by atoms with Gasteiger partial charge in [-0.3, -0.25) is 9.88 Å². The van der Waals surface area contributed by atoms with Crippen LogP contribution in [-0.2, 0) is 6.54 Å². The van der Waals surface area contributed by atoms with Crippen molar-refractivity contribution in [2.24, 2.45) is 4.99 Å². The lowest BCUT2D eigenvalue weighted by atomic mass is 10.3. The Morgan fingerprint density at radius 2 is 2.24 bits per heavy atom. The van der Waals surface area contributed by atoms with E-state index in [9.17, 15) is 0 Å². The Hall–Kier alpha value is -1.62. The van der Waals surface area contributed by atoms with Crippen molar-refractivity contribution < 1.29 is 0 Å². The topological polar surface area (TPSA) is 52.6 Å². The third kappa shape index (κ3) is 5.34. The zero-order valence-corrected chi connectivity index (χ0v) is 13.3. The number of aliphatic imine (C=N–C) groups is 1. The predicted octanol–water partition coefficient (Wildman–Crippen LogP) is 1.62. The average Bonchev–Trinajstić information content (AvgIpc) is 3.34. The van der Waals surface area contributed by atoms with Crippen molar-refractivity contribution in [1.82, 2.24) is 20.5 Å². The van der Waals surface area contributed by atoms with Crippen LogP contribution in [0.1, 0.15) is 32.4 Å². The van der Waals surface area contributed by atoms with Gasteiger partial charge >= 0.3 is 0 Å². The number of guanidine groups is 1. The second kappa shape index (κ2) is 7.98. The molecule has 0 aromatic carbocycles. The molecule has 0 saturated heterocycles. The summed E-state index contributed by atoms with van der Waals surface area (Å²) >= 11 is 0. The SMILES string of the molecule is CCNC(=NCc1ccccn1)NCC(C)N(C)C1CC1. The van der Waals surface area contributed by atoms with Crippen molar-refractivity contribution in [3.05, 3.63) is 30.1 Å². The monoisotopic (exact) mass is 289 g/mol. The predicted molar refractivity (Wildman–Crippen MR) is 87.3 cm³/mol. The third-order valence-electron chi connectivity index (χ3n) is 3.85. The van der Waals surface area contributed by atoms with Crippen LogP contribution in [-0.4, -0.2) is 48.1 Å². The van der Waals surface area contributed by atoms with Gasteiger partial charge in [0.05, 0.1) is 12.2 Å². The van der Waals surface area contributed by atoms with Gasteiger partial charge in [-0.1, -0.05) is 6.07 Å². The number of likely N-dealkylation sites (N-methyl/N-ethyl adjacent to an activating group) is 1. The highest BCUT2D eigenvalue weighted by Gasteiger charge is 2.28. The molecule has 0 radical (unpaired) electrons. The van der Waals surface area contributed by atoms with Crippen molar-refractivity contribution in [2.45, 2.75) is 45.3 Å². The molecule has 2 rings (SSSR count). The lowest BCUT2D eigenvalue weighted by molar-refractivity contribution is 0.247. The van der Waals surface area contributed by atoms with Gasteiger partial charge in [0, 0.05) is 31.4 Å². The maximum absolute atomic E-state index is 4.59. The highest BCUT2D eigenvalue weighted by molar-refractivity contribution is 5.79. The minimum Gasteiger partial charge on any atom is -0.357 e. The summed E-state index contributed by atoms with van der Waals surface area (Å²) in [5, 5.41) is 6.71. The average molecular weight is 289 g/mol. The molecule has 1 heterocycles. The summed E-state index contributed by atoms with van der Waals surface area (Å²) in [6.07, 6.45) is 4.49. The molecular weight excluding hydrogens is 262 g/mol. The number of nitrogens with one attached hydrogen (secondary N) is 2. The minimum absolute atomic E-state index is 0.510. The van der Waals surface area contributed by atoms with Crippen LogP contribution in [0.25, 0.3) is 0 Å². The lowest BCUT2D eigenvalue weighted by Crippen LogP contribution is -2.45. The lowest BCUT2D eigenvalue weighted by Gasteiger charge is -2.25. The maximum atomic E-state index is 4.59. The van der Waals surface area contributed by atoms with Crippen LogP contribution in [0.5, 0.6) is 0 Å². The molecule has 5 nitrogen and oxygen atoms in total. The summed E-state index contributed by atoms with van der Waals surface area (Å²) in [6, 6.07) is 7.21. The van der Waals surface area contributed by atoms with Gasteiger partial charge in [0.25, 0.3) is 0 Å². The first-order chi connectivity index (χ1) is 10.2. The highest BCUT2D eigenvalue weighted by atomic mass is 15.2. The van der Waals surface area contributed by atoms with Gasteiger partial charge in [-0.15, -0.1) is 0 Å². The Morgan fingerprint density at radius 3 is 2.86 bits per heavy atom. The zero-order valence-electron chi connectivity index (χ0n) is 13.3. The summed E-state index contributed by atoms with van der Waals surface area (Å²) in [7, 11) is 2.21. The van der Waals surface area contributed by atoms with Crippen LogP contribution in [0.3, 0.4) is 0 Å². The van der Waals surface area contributed by atoms with Crippen molar-refractivity contribution >= 4 is 5.96 Å². The van der Waals surface area contributed by atoms with E-state index in [1.54, 1.807) is 6.20 Å². The molecule has 1 saturated carbocycles. The largest absolute Gasteiger partial charge is 0.357 e. The fourth-order valence-corrected chi connectivity index (χ4v) is 2.22. The van der Waals surface area contributed by atoms with Crippen molar-refractivity contribution in [2.75, 3.05) is 20.1 Å². The van der Waals surface area contributed by atoms with E-state index in [2.05, 4.69) is 46.4 Å². The van der Waals surface area contributed by atoms with E-state index in [0.29, 0.717) is 12.6 Å². The van der Waals surface area contributed by atoms with Gasteiger partial charge < -0.3 is 10.6 Å². The Kier molecular flexibility index (Phi) is 5.99. The van der Waals surface area contributed by atoms with Crippen LogP contribution in [0, 0.1) is 0 Å². The van der Waals surface area contributed by atoms with Gasteiger partial charge in [0.15, 0.2) is 5.96 Å². The van der Waals surface area contributed by atoms with Gasteiger partial charge in [-0.05, 0) is 45.9 Å². The molecule has 1 unspecified atom stereocenters. The molecule has 1 fully saturated rings. The van der Waals surface area contributed by atoms with E-state index in [1.807, 2.05) is 18.2 Å². The molecule has 2 N–H and O–H groups in total. The fourth-order valence-electron chi connectivity index (χ4n) is 2.22. The van der Waals surface area contributed by atoms with Crippen LogP contribution in [0.4, 0.5) is 0 Å². The van der Waals surface area contributed by atoms with Gasteiger partial charge in [0.1, 0.15) is 0 Å². The number of hydrogen-bond acceptors (Lipinski definition) is 3. The van der Waals surface area contributed by atoms with Gasteiger partial charge in [0.2, 0.25) is 0 Å². The standard InChI is InChI=1S/C16H27N5/c1-4-17-16(20-12-14-7-5-6-10-18-14)19-11-13(2)21(3)15-8-9-15/h5-7,10,13,15H,4,8-9,11-12H2,1-3H3,(H2,17,19,20). The van der Waals surface area contributed by atoms with Crippen LogP contribution in [0.2, 0.25) is 0 Å². The van der Waals surface area contributed by atoms with Crippen LogP contribution in [0.15, 0.2) is 29.4 Å². The Bertz CT molecular complexity index is 441. The van der Waals surface area contributed by atoms with Crippen molar-refractivity contribution in [3.8, 4) is 0 Å². The molecule has 21 heavy (non-hydrogen) atoms. The molecule has 5 heteroatoms. The smallest absolute Gasteiger partial charge is 0.191 e. The van der Waals surface area contributed by atoms with Crippen LogP contribution < -0.4 is 10.6 Å². The molecule has 0 spiro atoms. The van der Waals surface area contributed by atoms with Crippen molar-refractivity contribution in [1.29, 1.82) is 0 Å². The summed E-state index contributed by atoms with van der Waals surface area (Å²) in [5.74, 6) is 0.860. The Morgan fingerprint density at radius 1 is 1.43 bits per heavy atom. The minimum atomic E-state index is 0.510. The molecule has 0 bridgehead atoms. The molecule has 0 amide bonds. The van der Waals surface area contributed by atoms with Crippen molar-refractivity contribution in [3.63, 3.8) is 0 Å². The first-order valence-corrected chi connectivity index (χ1v) is 7.84. The van der Waals surface area contributed by atoms with E-state index < -0.39 is 0 Å². The number of aromatic nitrogens is 1. The second-order valence-corrected chi connectivity index (χ2v) is 5.64. The van der Waals surface area contributed by atoms with E-state index in [-0.39, 0.29) is 0 Å². The summed E-state index contributed by atoms with van der Waals surface area (Å²) < 4.78 is 0. The number of rotatable bonds is 7. The molecule has 1 aliphatic rings.